The summed E-state index contributed by atoms with van der Waals surface area (Å²) in [6, 6.07) is 66.8. The summed E-state index contributed by atoms with van der Waals surface area (Å²) in [5, 5.41) is 9.46. The van der Waals surface area contributed by atoms with Crippen LogP contribution >= 0.6 is 11.3 Å². The van der Waals surface area contributed by atoms with Crippen LogP contribution in [0.3, 0.4) is 0 Å². The fourth-order valence-corrected chi connectivity index (χ4v) is 9.38. The van der Waals surface area contributed by atoms with Crippen LogP contribution in [0.1, 0.15) is 0 Å². The van der Waals surface area contributed by atoms with Crippen LogP contribution in [0.25, 0.3) is 109 Å². The number of hydrogen-bond donors (Lipinski definition) is 0. The maximum Gasteiger partial charge on any atom is 0.165 e. The van der Waals surface area contributed by atoms with Gasteiger partial charge in [0.2, 0.25) is 0 Å². The molecule has 0 saturated carbocycles. The van der Waals surface area contributed by atoms with Gasteiger partial charge in [0.15, 0.2) is 17.5 Å². The van der Waals surface area contributed by atoms with Crippen molar-refractivity contribution in [1.29, 1.82) is 0 Å². The van der Waals surface area contributed by atoms with Gasteiger partial charge in [0, 0.05) is 36.9 Å². The Balaban J connectivity index is 1.24. The third kappa shape index (κ3) is 5.22. The van der Waals surface area contributed by atoms with Gasteiger partial charge in [-0.2, -0.15) is 0 Å². The van der Waals surface area contributed by atoms with Gasteiger partial charge in [-0.25, -0.2) is 15.0 Å². The third-order valence-electron chi connectivity index (χ3n) is 10.7. The van der Waals surface area contributed by atoms with Gasteiger partial charge in [0.25, 0.3) is 0 Å². The lowest BCUT2D eigenvalue weighted by Gasteiger charge is -2.16. The van der Waals surface area contributed by atoms with Crippen LogP contribution in [-0.2, 0) is 0 Å². The molecule has 11 aromatic rings. The van der Waals surface area contributed by atoms with Crippen LogP contribution in [0.5, 0.6) is 0 Å². The number of fused-ring (bicyclic) bond motifs is 7. The Morgan fingerprint density at radius 3 is 1.67 bits per heavy atom. The molecule has 0 aliphatic carbocycles. The van der Waals surface area contributed by atoms with Crippen molar-refractivity contribution in [2.45, 2.75) is 0 Å². The highest BCUT2D eigenvalue weighted by atomic mass is 32.1. The first-order chi connectivity index (χ1) is 27.3. The molecule has 0 aliphatic rings. The first kappa shape index (κ1) is 31.5. The van der Waals surface area contributed by atoms with E-state index in [0.717, 1.165) is 49.5 Å². The Kier molecular flexibility index (Phi) is 7.35. The summed E-state index contributed by atoms with van der Waals surface area (Å²) in [5.41, 5.74) is 7.36. The van der Waals surface area contributed by atoms with Crippen molar-refractivity contribution in [3.63, 3.8) is 0 Å². The Bertz CT molecular complexity index is 3270. The van der Waals surface area contributed by atoms with Crippen LogP contribution < -0.4 is 0 Å². The van der Waals surface area contributed by atoms with E-state index in [1.807, 2.05) is 11.3 Å². The summed E-state index contributed by atoms with van der Waals surface area (Å²) in [7, 11) is 0. The SMILES string of the molecule is c1ccc(-c2ccccc2-c2nc(-c3ccccc3-c3cccc4sc5ccccc5c34)nc(-c3c4ccccc4cc4c3ccc3ccccc34)n2)cc1. The van der Waals surface area contributed by atoms with Gasteiger partial charge in [-0.05, 0) is 72.8 Å². The zero-order valence-electron chi connectivity index (χ0n) is 29.6. The summed E-state index contributed by atoms with van der Waals surface area (Å²) in [6.07, 6.45) is 0. The number of benzene rings is 9. The van der Waals surface area contributed by atoms with Gasteiger partial charge in [0.1, 0.15) is 0 Å². The van der Waals surface area contributed by atoms with E-state index in [0.29, 0.717) is 17.5 Å². The van der Waals surface area contributed by atoms with E-state index < -0.39 is 0 Å². The third-order valence-corrected chi connectivity index (χ3v) is 11.9. The molecule has 0 N–H and O–H groups in total. The van der Waals surface area contributed by atoms with Gasteiger partial charge in [-0.3, -0.25) is 0 Å². The predicted octanol–water partition coefficient (Wildman–Crippen LogP) is 14.0. The van der Waals surface area contributed by atoms with Crippen molar-refractivity contribution in [1.82, 2.24) is 15.0 Å². The Hall–Kier alpha value is -7.01. The highest BCUT2D eigenvalue weighted by Crippen LogP contribution is 2.44. The molecule has 0 spiro atoms. The second kappa shape index (κ2) is 12.8. The molecule has 0 atom stereocenters. The molecule has 256 valence electrons. The van der Waals surface area contributed by atoms with Crippen LogP contribution in [0, 0.1) is 0 Å². The van der Waals surface area contributed by atoms with E-state index >= 15 is 0 Å². The summed E-state index contributed by atoms with van der Waals surface area (Å²) < 4.78 is 2.54. The molecule has 0 radical (unpaired) electrons. The average molecular weight is 718 g/mol. The second-order valence-electron chi connectivity index (χ2n) is 13.9. The first-order valence-corrected chi connectivity index (χ1v) is 19.3. The molecule has 0 saturated heterocycles. The fourth-order valence-electron chi connectivity index (χ4n) is 8.25. The Morgan fingerprint density at radius 2 is 0.873 bits per heavy atom. The molecule has 2 aromatic heterocycles. The van der Waals surface area contributed by atoms with Gasteiger partial charge in [-0.1, -0.05) is 170 Å². The normalized spacial score (nSPS) is 11.6. The van der Waals surface area contributed by atoms with E-state index in [-0.39, 0.29) is 0 Å². The lowest BCUT2D eigenvalue weighted by Crippen LogP contribution is -2.03. The van der Waals surface area contributed by atoms with Crippen LogP contribution in [-0.4, -0.2) is 15.0 Å². The fraction of sp³-hybridized carbons (Fsp3) is 0. The van der Waals surface area contributed by atoms with Crippen molar-refractivity contribution in [3.8, 4) is 56.4 Å². The van der Waals surface area contributed by atoms with Gasteiger partial charge < -0.3 is 0 Å². The summed E-state index contributed by atoms with van der Waals surface area (Å²) >= 11 is 1.83. The van der Waals surface area contributed by atoms with E-state index in [4.69, 9.17) is 15.0 Å². The van der Waals surface area contributed by atoms with Crippen molar-refractivity contribution in [2.24, 2.45) is 0 Å². The zero-order valence-corrected chi connectivity index (χ0v) is 30.5. The van der Waals surface area contributed by atoms with Crippen molar-refractivity contribution in [3.05, 3.63) is 188 Å². The summed E-state index contributed by atoms with van der Waals surface area (Å²) in [6.45, 7) is 0. The minimum Gasteiger partial charge on any atom is -0.208 e. The largest absolute Gasteiger partial charge is 0.208 e. The highest BCUT2D eigenvalue weighted by molar-refractivity contribution is 7.25. The predicted molar refractivity (Wildman–Crippen MR) is 232 cm³/mol. The molecule has 0 aliphatic heterocycles. The van der Waals surface area contributed by atoms with Crippen molar-refractivity contribution < 1.29 is 0 Å². The molecule has 0 fully saturated rings. The average Bonchev–Trinajstić information content (AvgIpc) is 3.65. The molecule has 2 heterocycles. The van der Waals surface area contributed by atoms with E-state index in [1.165, 1.54) is 41.9 Å². The van der Waals surface area contributed by atoms with Crippen LogP contribution in [0.4, 0.5) is 0 Å². The minimum absolute atomic E-state index is 0.635. The molecule has 11 rings (SSSR count). The monoisotopic (exact) mass is 717 g/mol. The quantitative estimate of drug-likeness (QED) is 0.131. The maximum absolute atomic E-state index is 5.48. The lowest BCUT2D eigenvalue weighted by atomic mass is 9.92. The summed E-state index contributed by atoms with van der Waals surface area (Å²) in [4.78, 5) is 16.3. The molecule has 0 unspecified atom stereocenters. The number of rotatable bonds is 5. The van der Waals surface area contributed by atoms with E-state index in [2.05, 4.69) is 188 Å². The van der Waals surface area contributed by atoms with E-state index in [1.54, 1.807) is 0 Å². The maximum atomic E-state index is 5.48. The van der Waals surface area contributed by atoms with Crippen molar-refractivity contribution in [2.75, 3.05) is 0 Å². The molecule has 3 nitrogen and oxygen atoms in total. The first-order valence-electron chi connectivity index (χ1n) is 18.5. The highest BCUT2D eigenvalue weighted by Gasteiger charge is 2.22. The molecular formula is C51H31N3S. The molecular weight excluding hydrogens is 687 g/mol. The van der Waals surface area contributed by atoms with Gasteiger partial charge >= 0.3 is 0 Å². The summed E-state index contributed by atoms with van der Waals surface area (Å²) in [5.74, 6) is 1.92. The lowest BCUT2D eigenvalue weighted by molar-refractivity contribution is 1.08. The van der Waals surface area contributed by atoms with Crippen LogP contribution in [0.15, 0.2) is 188 Å². The molecule has 55 heavy (non-hydrogen) atoms. The molecule has 0 bridgehead atoms. The van der Waals surface area contributed by atoms with Crippen LogP contribution in [0.2, 0.25) is 0 Å². The smallest absolute Gasteiger partial charge is 0.165 e. The zero-order chi connectivity index (χ0) is 36.3. The second-order valence-corrected chi connectivity index (χ2v) is 15.0. The number of thiophene rings is 1. The molecule has 4 heteroatoms. The number of hydrogen-bond acceptors (Lipinski definition) is 4. The van der Waals surface area contributed by atoms with Crippen molar-refractivity contribution >= 4 is 63.8 Å². The van der Waals surface area contributed by atoms with E-state index in [9.17, 15) is 0 Å². The molecule has 9 aromatic carbocycles. The molecule has 0 amide bonds. The standard InChI is InChI=1S/C51H31N3S/c1-2-15-32(16-3-1)35-19-8-10-23-41(35)49-52-50(42-24-11-9-22-38(42)39-26-14-28-46-47(39)43-25-12-13-27-45(43)55-46)54-51(53-49)48-37-21-7-5-18-34(37)31-44-36-20-6-4-17-33(36)29-30-40(44)48/h1-31H. The Labute approximate surface area is 321 Å². The Morgan fingerprint density at radius 1 is 0.309 bits per heavy atom. The topological polar surface area (TPSA) is 38.7 Å². The number of aromatic nitrogens is 3. The number of nitrogens with zero attached hydrogens (tertiary/aromatic N) is 3. The van der Waals surface area contributed by atoms with Gasteiger partial charge in [-0.15, -0.1) is 11.3 Å². The minimum atomic E-state index is 0.635. The van der Waals surface area contributed by atoms with Gasteiger partial charge in [0.05, 0.1) is 0 Å².